The summed E-state index contributed by atoms with van der Waals surface area (Å²) >= 11 is 0. The smallest absolute Gasteiger partial charge is 0.151 e. The molecule has 0 aliphatic rings. The fourth-order valence-electron chi connectivity index (χ4n) is 3.28. The topological polar surface area (TPSA) is 111 Å². The Balaban J connectivity index is 1.90. The van der Waals surface area contributed by atoms with Gasteiger partial charge < -0.3 is 31.2 Å². The van der Waals surface area contributed by atoms with Crippen LogP contribution in [0.25, 0.3) is 10.8 Å². The van der Waals surface area contributed by atoms with Crippen LogP contribution in [0.15, 0.2) is 60.7 Å². The van der Waals surface area contributed by atoms with Gasteiger partial charge in [0, 0.05) is 28.5 Å². The number of ether oxygens (including phenoxy) is 2. The van der Waals surface area contributed by atoms with Gasteiger partial charge >= 0.3 is 0 Å². The first kappa shape index (κ1) is 20.3. The van der Waals surface area contributed by atoms with Crippen LogP contribution >= 0.6 is 0 Å². The molecule has 0 aliphatic carbocycles. The Kier molecular flexibility index (Phi) is 5.12. The van der Waals surface area contributed by atoms with Crippen molar-refractivity contribution in [3.63, 3.8) is 0 Å². The molecule has 0 aromatic heterocycles. The van der Waals surface area contributed by atoms with E-state index in [1.165, 1.54) is 24.3 Å². The first-order valence-electron chi connectivity index (χ1n) is 9.47. The Morgan fingerprint density at radius 2 is 1.31 bits per heavy atom. The molecule has 0 bridgehead atoms. The van der Waals surface area contributed by atoms with Crippen molar-refractivity contribution < 1.29 is 19.7 Å². The number of aromatic hydroxyl groups is 2. The summed E-state index contributed by atoms with van der Waals surface area (Å²) in [4.78, 5) is 0. The number of terminal acetylenes is 2. The first-order valence-corrected chi connectivity index (χ1v) is 9.47. The van der Waals surface area contributed by atoms with Gasteiger partial charge in [0.15, 0.2) is 5.75 Å². The van der Waals surface area contributed by atoms with E-state index < -0.39 is 0 Å². The molecule has 0 radical (unpaired) electrons. The zero-order chi connectivity index (χ0) is 22.8. The third-order valence-corrected chi connectivity index (χ3v) is 4.83. The van der Waals surface area contributed by atoms with Crippen molar-refractivity contribution in [2.45, 2.75) is 0 Å². The quantitative estimate of drug-likeness (QED) is 0.210. The molecule has 0 spiro atoms. The van der Waals surface area contributed by atoms with Crippen LogP contribution in [0.1, 0.15) is 11.1 Å². The summed E-state index contributed by atoms with van der Waals surface area (Å²) < 4.78 is 12.1. The highest BCUT2D eigenvalue weighted by Crippen LogP contribution is 2.42. The Bertz CT molecular complexity index is 1450. The molecule has 0 amide bonds. The predicted molar refractivity (Wildman–Crippen MR) is 125 cm³/mol. The molecule has 6 heteroatoms. The molecule has 0 heterocycles. The summed E-state index contributed by atoms with van der Waals surface area (Å²) in [5.74, 6) is 6.83. The van der Waals surface area contributed by atoms with Crippen molar-refractivity contribution in [3.05, 3.63) is 71.8 Å². The molecule has 6 N–H and O–H groups in total. The molecule has 6 nitrogen and oxygen atoms in total. The molecule has 0 saturated carbocycles. The Morgan fingerprint density at radius 3 is 1.88 bits per heavy atom. The summed E-state index contributed by atoms with van der Waals surface area (Å²) in [6.07, 6.45) is 11.5. The predicted octanol–water partition coefficient (Wildman–Crippen LogP) is 4.96. The van der Waals surface area contributed by atoms with Crippen LogP contribution in [0.2, 0.25) is 0 Å². The van der Waals surface area contributed by atoms with E-state index >= 15 is 0 Å². The molecule has 4 aromatic rings. The number of phenols is 2. The average molecular weight is 422 g/mol. The highest BCUT2D eigenvalue weighted by Gasteiger charge is 2.17. The van der Waals surface area contributed by atoms with E-state index in [2.05, 4.69) is 11.8 Å². The second-order valence-electron chi connectivity index (χ2n) is 6.91. The van der Waals surface area contributed by atoms with Gasteiger partial charge in [-0.1, -0.05) is 24.0 Å². The number of fused-ring (bicyclic) bond motifs is 1. The number of nitrogens with two attached hydrogens (primary N) is 2. The van der Waals surface area contributed by atoms with Crippen molar-refractivity contribution in [3.8, 4) is 59.2 Å². The monoisotopic (exact) mass is 422 g/mol. The van der Waals surface area contributed by atoms with E-state index in [1.807, 2.05) is 6.07 Å². The van der Waals surface area contributed by atoms with Gasteiger partial charge in [-0.15, -0.1) is 12.8 Å². The van der Waals surface area contributed by atoms with Crippen LogP contribution in [0.3, 0.4) is 0 Å². The fourth-order valence-corrected chi connectivity index (χ4v) is 3.28. The Labute approximate surface area is 184 Å². The maximum absolute atomic E-state index is 9.69. The Hall–Kier alpha value is -4.94. The largest absolute Gasteiger partial charge is 0.506 e. The van der Waals surface area contributed by atoms with Gasteiger partial charge in [-0.05, 0) is 36.4 Å². The van der Waals surface area contributed by atoms with Gasteiger partial charge in [-0.25, -0.2) is 0 Å². The van der Waals surface area contributed by atoms with Gasteiger partial charge in [-0.3, -0.25) is 0 Å². The summed E-state index contributed by atoms with van der Waals surface area (Å²) in [6.45, 7) is 0. The van der Waals surface area contributed by atoms with Crippen LogP contribution in [0.5, 0.6) is 34.5 Å². The van der Waals surface area contributed by atoms with Crippen molar-refractivity contribution in [2.24, 2.45) is 0 Å². The van der Waals surface area contributed by atoms with E-state index in [1.54, 1.807) is 30.3 Å². The molecule has 0 saturated heterocycles. The summed E-state index contributed by atoms with van der Waals surface area (Å²) in [5, 5.41) is 20.6. The summed E-state index contributed by atoms with van der Waals surface area (Å²) in [7, 11) is 0. The highest BCUT2D eigenvalue weighted by molar-refractivity contribution is 5.99. The van der Waals surface area contributed by atoms with Gasteiger partial charge in [0.2, 0.25) is 0 Å². The lowest BCUT2D eigenvalue weighted by molar-refractivity contribution is 0.467. The normalized spacial score (nSPS) is 10.3. The lowest BCUT2D eigenvalue weighted by Crippen LogP contribution is -1.96. The number of hydrogen-bond acceptors (Lipinski definition) is 6. The van der Waals surface area contributed by atoms with Crippen molar-refractivity contribution in [1.82, 2.24) is 0 Å². The minimum absolute atomic E-state index is 0.0397. The molecule has 0 aliphatic heterocycles. The number of rotatable bonds is 4. The second kappa shape index (κ2) is 8.06. The van der Waals surface area contributed by atoms with E-state index in [-0.39, 0.29) is 22.9 Å². The lowest BCUT2D eigenvalue weighted by Gasteiger charge is -2.16. The highest BCUT2D eigenvalue weighted by atomic mass is 16.5. The number of hydrogen-bond donors (Lipinski definition) is 4. The minimum atomic E-state index is -0.0501. The first-order chi connectivity index (χ1) is 15.4. The second-order valence-corrected chi connectivity index (χ2v) is 6.91. The number of nitrogen functional groups attached to an aromatic ring is 2. The third kappa shape index (κ3) is 3.65. The zero-order valence-corrected chi connectivity index (χ0v) is 16.8. The van der Waals surface area contributed by atoms with Crippen LogP contribution in [-0.4, -0.2) is 10.2 Å². The minimum Gasteiger partial charge on any atom is -0.506 e. The lowest BCUT2D eigenvalue weighted by atomic mass is 9.99. The average Bonchev–Trinajstić information content (AvgIpc) is 2.79. The Morgan fingerprint density at radius 1 is 0.719 bits per heavy atom. The molecule has 32 heavy (non-hydrogen) atoms. The molecule has 0 unspecified atom stereocenters. The maximum Gasteiger partial charge on any atom is 0.151 e. The number of phenolic OH excluding ortho intramolecular Hbond substituents is 2. The number of benzene rings is 4. The van der Waals surface area contributed by atoms with Gasteiger partial charge in [0.05, 0.1) is 16.9 Å². The number of anilines is 2. The maximum atomic E-state index is 9.69. The van der Waals surface area contributed by atoms with E-state index in [0.29, 0.717) is 44.9 Å². The molecule has 4 aromatic carbocycles. The summed E-state index contributed by atoms with van der Waals surface area (Å²) in [6, 6.07) is 16.1. The van der Waals surface area contributed by atoms with Crippen LogP contribution in [-0.2, 0) is 0 Å². The van der Waals surface area contributed by atoms with Gasteiger partial charge in [-0.2, -0.15) is 0 Å². The van der Waals surface area contributed by atoms with E-state index in [9.17, 15) is 10.2 Å². The van der Waals surface area contributed by atoms with Crippen molar-refractivity contribution >= 4 is 22.1 Å². The van der Waals surface area contributed by atoms with Crippen LogP contribution in [0, 0.1) is 24.7 Å². The van der Waals surface area contributed by atoms with Crippen molar-refractivity contribution in [2.75, 3.05) is 11.5 Å². The van der Waals surface area contributed by atoms with Gasteiger partial charge in [0.25, 0.3) is 0 Å². The van der Waals surface area contributed by atoms with Gasteiger partial charge in [0.1, 0.15) is 28.7 Å². The van der Waals surface area contributed by atoms with Crippen LogP contribution < -0.4 is 20.9 Å². The molecular formula is C26H18N2O4. The van der Waals surface area contributed by atoms with Crippen LogP contribution in [0.4, 0.5) is 11.4 Å². The molecule has 156 valence electrons. The standard InChI is InChI=1S/C26H18N2O4/c1-3-15-12-16(4-2)26(32-18-9-11-23(30)21(28)14-18)19-6-5-7-24(25(15)19)31-17-8-10-22(29)20(27)13-17/h1-2,5-14,29-30H,27-28H2. The fraction of sp³-hybridized carbons (Fsp3) is 0. The molecule has 0 fully saturated rings. The van der Waals surface area contributed by atoms with E-state index in [4.69, 9.17) is 33.8 Å². The SMILES string of the molecule is C#Cc1cc(C#C)c2c(Oc3ccc(O)c(N)c3)cccc2c1Oc1ccc(O)c(N)c1. The summed E-state index contributed by atoms with van der Waals surface area (Å²) in [5.41, 5.74) is 12.9. The molecule has 0 atom stereocenters. The zero-order valence-electron chi connectivity index (χ0n) is 16.8. The van der Waals surface area contributed by atoms with E-state index in [0.717, 1.165) is 0 Å². The third-order valence-electron chi connectivity index (χ3n) is 4.83. The molecular weight excluding hydrogens is 404 g/mol. The molecule has 4 rings (SSSR count). The van der Waals surface area contributed by atoms with Crippen molar-refractivity contribution in [1.29, 1.82) is 0 Å².